The van der Waals surface area contributed by atoms with Crippen molar-refractivity contribution in [2.75, 3.05) is 0 Å². The molecule has 0 aliphatic rings. The van der Waals surface area contributed by atoms with Gasteiger partial charge in [-0.1, -0.05) is 58.0 Å². The van der Waals surface area contributed by atoms with Gasteiger partial charge in [-0.2, -0.15) is 0 Å². The topological polar surface area (TPSA) is 153 Å². The molecular formula is C23H35N3O6. The van der Waals surface area contributed by atoms with Crippen LogP contribution in [0.15, 0.2) is 30.3 Å². The first-order chi connectivity index (χ1) is 14.8. The molecule has 3 unspecified atom stereocenters. The standard InChI is InChI=1S/C23H35N3O6/c1-14(2)11-18(25)20(28)26(19(27)16(5)24)23(21(29)30,12-15(3)4)22(31)32-13-17-9-7-6-8-10-17/h6-10,14-16,18H,11-13,24-25H2,1-5H3,(H,29,30). The van der Waals surface area contributed by atoms with Crippen LogP contribution in [0.4, 0.5) is 0 Å². The lowest BCUT2D eigenvalue weighted by Gasteiger charge is -2.40. The maximum absolute atomic E-state index is 13.3. The molecular weight excluding hydrogens is 414 g/mol. The first-order valence-corrected chi connectivity index (χ1v) is 10.7. The number of ether oxygens (including phenoxy) is 1. The van der Waals surface area contributed by atoms with Crippen molar-refractivity contribution in [3.63, 3.8) is 0 Å². The number of carbonyl (C=O) groups excluding carboxylic acids is 3. The van der Waals surface area contributed by atoms with Crippen molar-refractivity contribution < 1.29 is 29.0 Å². The molecule has 0 spiro atoms. The van der Waals surface area contributed by atoms with Gasteiger partial charge >= 0.3 is 11.9 Å². The van der Waals surface area contributed by atoms with E-state index in [1.54, 1.807) is 44.2 Å². The molecule has 0 aliphatic heterocycles. The van der Waals surface area contributed by atoms with Gasteiger partial charge in [-0.3, -0.25) is 14.5 Å². The van der Waals surface area contributed by atoms with E-state index in [0.717, 1.165) is 0 Å². The molecule has 0 saturated carbocycles. The van der Waals surface area contributed by atoms with Crippen molar-refractivity contribution in [2.45, 2.75) is 71.7 Å². The van der Waals surface area contributed by atoms with Crippen molar-refractivity contribution in [3.05, 3.63) is 35.9 Å². The monoisotopic (exact) mass is 449 g/mol. The van der Waals surface area contributed by atoms with E-state index >= 15 is 0 Å². The Morgan fingerprint density at radius 1 is 0.969 bits per heavy atom. The van der Waals surface area contributed by atoms with E-state index in [0.29, 0.717) is 10.5 Å². The van der Waals surface area contributed by atoms with Gasteiger partial charge in [-0.15, -0.1) is 0 Å². The number of aliphatic carboxylic acids is 1. The van der Waals surface area contributed by atoms with Gasteiger partial charge in [-0.25, -0.2) is 9.59 Å². The van der Waals surface area contributed by atoms with Crippen LogP contribution in [-0.2, 0) is 30.5 Å². The van der Waals surface area contributed by atoms with Gasteiger partial charge in [0.25, 0.3) is 0 Å². The molecule has 0 heterocycles. The number of rotatable bonds is 11. The van der Waals surface area contributed by atoms with Crippen molar-refractivity contribution >= 4 is 23.8 Å². The summed E-state index contributed by atoms with van der Waals surface area (Å²) in [6.45, 7) is 8.10. The molecule has 1 aromatic carbocycles. The molecule has 0 saturated heterocycles. The summed E-state index contributed by atoms with van der Waals surface area (Å²) in [5.74, 6) is -5.26. The fourth-order valence-electron chi connectivity index (χ4n) is 3.43. The number of nitrogens with two attached hydrogens (primary N) is 2. The zero-order valence-electron chi connectivity index (χ0n) is 19.4. The van der Waals surface area contributed by atoms with Crippen LogP contribution < -0.4 is 11.5 Å². The molecule has 1 aromatic rings. The van der Waals surface area contributed by atoms with Crippen molar-refractivity contribution in [2.24, 2.45) is 23.3 Å². The Bertz CT molecular complexity index is 809. The SMILES string of the molecule is CC(C)CC(N)C(=O)N(C(=O)C(C)N)C(CC(C)C)(C(=O)O)C(=O)OCc1ccccc1. The molecule has 0 aliphatic carbocycles. The Morgan fingerprint density at radius 3 is 1.97 bits per heavy atom. The molecule has 5 N–H and O–H groups in total. The molecule has 1 rings (SSSR count). The second-order valence-electron chi connectivity index (χ2n) is 8.86. The number of carbonyl (C=O) groups is 4. The largest absolute Gasteiger partial charge is 0.479 e. The number of esters is 1. The minimum Gasteiger partial charge on any atom is -0.479 e. The second kappa shape index (κ2) is 11.7. The molecule has 32 heavy (non-hydrogen) atoms. The van der Waals surface area contributed by atoms with E-state index < -0.39 is 41.4 Å². The van der Waals surface area contributed by atoms with Gasteiger partial charge in [-0.05, 0) is 37.2 Å². The van der Waals surface area contributed by atoms with Gasteiger partial charge in [0, 0.05) is 0 Å². The van der Waals surface area contributed by atoms with E-state index in [9.17, 15) is 24.3 Å². The number of nitrogens with zero attached hydrogens (tertiary/aromatic N) is 1. The maximum Gasteiger partial charge on any atom is 0.344 e. The lowest BCUT2D eigenvalue weighted by molar-refractivity contribution is -0.183. The summed E-state index contributed by atoms with van der Waals surface area (Å²) in [6, 6.07) is 6.23. The van der Waals surface area contributed by atoms with Crippen molar-refractivity contribution in [1.29, 1.82) is 0 Å². The van der Waals surface area contributed by atoms with Gasteiger partial charge in [0.1, 0.15) is 6.61 Å². The Kier molecular flexibility index (Phi) is 9.99. The highest BCUT2D eigenvalue weighted by Crippen LogP contribution is 2.30. The lowest BCUT2D eigenvalue weighted by atomic mass is 9.85. The third kappa shape index (κ3) is 6.61. The molecule has 9 heteroatoms. The molecule has 0 radical (unpaired) electrons. The third-order valence-electron chi connectivity index (χ3n) is 4.86. The number of carboxylic acids is 1. The number of benzene rings is 1. The van der Waals surface area contributed by atoms with E-state index in [2.05, 4.69) is 0 Å². The Balaban J connectivity index is 3.55. The van der Waals surface area contributed by atoms with Crippen LogP contribution in [0, 0.1) is 11.8 Å². The smallest absolute Gasteiger partial charge is 0.344 e. The molecule has 9 nitrogen and oxygen atoms in total. The quantitative estimate of drug-likeness (QED) is 0.341. The molecule has 0 bridgehead atoms. The van der Waals surface area contributed by atoms with Crippen LogP contribution in [0.3, 0.4) is 0 Å². The van der Waals surface area contributed by atoms with Crippen LogP contribution in [-0.4, -0.2) is 51.4 Å². The number of imide groups is 1. The number of hydrogen-bond donors (Lipinski definition) is 3. The van der Waals surface area contributed by atoms with Crippen LogP contribution in [0.5, 0.6) is 0 Å². The third-order valence-corrected chi connectivity index (χ3v) is 4.86. The summed E-state index contributed by atoms with van der Waals surface area (Å²) >= 11 is 0. The molecule has 0 aromatic heterocycles. The Hall–Kier alpha value is -2.78. The zero-order chi connectivity index (χ0) is 24.6. The molecule has 178 valence electrons. The van der Waals surface area contributed by atoms with E-state index in [-0.39, 0.29) is 31.3 Å². The number of carboxylic acid groups (broad SMARTS) is 1. The summed E-state index contributed by atoms with van der Waals surface area (Å²) in [4.78, 5) is 52.7. The van der Waals surface area contributed by atoms with Crippen molar-refractivity contribution in [3.8, 4) is 0 Å². The highest BCUT2D eigenvalue weighted by Gasteiger charge is 2.58. The summed E-state index contributed by atoms with van der Waals surface area (Å²) in [6.07, 6.45) is -0.160. The minimum atomic E-state index is -2.60. The van der Waals surface area contributed by atoms with Gasteiger partial charge in [0.15, 0.2) is 0 Å². The predicted octanol–water partition coefficient (Wildman–Crippen LogP) is 1.68. The maximum atomic E-state index is 13.3. The molecule has 0 fully saturated rings. The fraction of sp³-hybridized carbons (Fsp3) is 0.565. The van der Waals surface area contributed by atoms with E-state index in [1.807, 2.05) is 13.8 Å². The second-order valence-corrected chi connectivity index (χ2v) is 8.86. The van der Waals surface area contributed by atoms with Gasteiger partial charge in [0.05, 0.1) is 12.1 Å². The summed E-state index contributed by atoms with van der Waals surface area (Å²) in [5, 5.41) is 10.2. The zero-order valence-corrected chi connectivity index (χ0v) is 19.4. The van der Waals surface area contributed by atoms with Crippen LogP contribution in [0.2, 0.25) is 0 Å². The highest BCUT2D eigenvalue weighted by molar-refractivity contribution is 6.14. The number of amides is 2. The van der Waals surface area contributed by atoms with Crippen LogP contribution in [0.25, 0.3) is 0 Å². The molecule has 3 atom stereocenters. The number of hydrogen-bond acceptors (Lipinski definition) is 7. The summed E-state index contributed by atoms with van der Waals surface area (Å²) < 4.78 is 5.33. The highest BCUT2D eigenvalue weighted by atomic mass is 16.5. The lowest BCUT2D eigenvalue weighted by Crippen LogP contribution is -2.69. The first-order valence-electron chi connectivity index (χ1n) is 10.7. The summed E-state index contributed by atoms with van der Waals surface area (Å²) in [7, 11) is 0. The van der Waals surface area contributed by atoms with Gasteiger partial charge in [0.2, 0.25) is 17.4 Å². The Labute approximate surface area is 189 Å². The summed E-state index contributed by atoms with van der Waals surface area (Å²) in [5.41, 5.74) is 9.78. The average Bonchev–Trinajstić information content (AvgIpc) is 2.70. The van der Waals surface area contributed by atoms with Crippen molar-refractivity contribution in [1.82, 2.24) is 4.90 Å². The Morgan fingerprint density at radius 2 is 1.53 bits per heavy atom. The minimum absolute atomic E-state index is 0.00411. The normalized spacial score (nSPS) is 15.0. The van der Waals surface area contributed by atoms with E-state index in [4.69, 9.17) is 16.2 Å². The average molecular weight is 450 g/mol. The van der Waals surface area contributed by atoms with Crippen LogP contribution >= 0.6 is 0 Å². The molecule has 2 amide bonds. The van der Waals surface area contributed by atoms with Gasteiger partial charge < -0.3 is 21.3 Å². The predicted molar refractivity (Wildman–Crippen MR) is 119 cm³/mol. The van der Waals surface area contributed by atoms with Crippen LogP contribution in [0.1, 0.15) is 53.0 Å². The van der Waals surface area contributed by atoms with E-state index in [1.165, 1.54) is 6.92 Å². The fourth-order valence-corrected chi connectivity index (χ4v) is 3.43. The first kappa shape index (κ1) is 27.3.